The van der Waals surface area contributed by atoms with Crippen molar-refractivity contribution in [1.29, 1.82) is 5.26 Å². The third-order valence-electron chi connectivity index (χ3n) is 3.92. The topological polar surface area (TPSA) is 56.1 Å². The molecule has 0 spiro atoms. The third kappa shape index (κ3) is 3.18. The van der Waals surface area contributed by atoms with Crippen molar-refractivity contribution in [3.05, 3.63) is 0 Å². The summed E-state index contributed by atoms with van der Waals surface area (Å²) in [7, 11) is 0. The van der Waals surface area contributed by atoms with Gasteiger partial charge in [0.2, 0.25) is 5.91 Å². The molecule has 5 heteroatoms. The monoisotopic (exact) mass is 267 g/mol. The van der Waals surface area contributed by atoms with Crippen molar-refractivity contribution >= 4 is 17.7 Å². The first-order valence-electron chi connectivity index (χ1n) is 6.68. The number of carbonyl (C=O) groups excluding carboxylic acids is 1. The summed E-state index contributed by atoms with van der Waals surface area (Å²) in [6.45, 7) is 4.41. The number of nitrogens with one attached hydrogen (secondary N) is 1. The molecule has 0 aromatic carbocycles. The Morgan fingerprint density at radius 2 is 2.28 bits per heavy atom. The Bertz CT molecular complexity index is 339. The number of hydrogen-bond acceptors (Lipinski definition) is 4. The highest BCUT2D eigenvalue weighted by molar-refractivity contribution is 8.01. The van der Waals surface area contributed by atoms with Crippen molar-refractivity contribution in [2.75, 3.05) is 25.4 Å². The lowest BCUT2D eigenvalue weighted by molar-refractivity contribution is -0.124. The second-order valence-electron chi connectivity index (χ2n) is 5.36. The molecule has 1 N–H and O–H groups in total. The van der Waals surface area contributed by atoms with E-state index < -0.39 is 0 Å². The summed E-state index contributed by atoms with van der Waals surface area (Å²) in [5, 5.41) is 11.8. The summed E-state index contributed by atoms with van der Waals surface area (Å²) in [6.07, 6.45) is 4.08. The van der Waals surface area contributed by atoms with E-state index in [9.17, 15) is 4.79 Å². The van der Waals surface area contributed by atoms with Gasteiger partial charge in [-0.05, 0) is 38.4 Å². The molecule has 100 valence electrons. The molecule has 2 heterocycles. The highest BCUT2D eigenvalue weighted by Crippen LogP contribution is 2.38. The summed E-state index contributed by atoms with van der Waals surface area (Å²) < 4.78 is -0.205. The zero-order valence-electron chi connectivity index (χ0n) is 10.9. The molecule has 0 bridgehead atoms. The highest BCUT2D eigenvalue weighted by atomic mass is 32.2. The molecule has 1 atom stereocenters. The van der Waals surface area contributed by atoms with Crippen molar-refractivity contribution in [3.63, 3.8) is 0 Å². The maximum Gasteiger partial charge on any atom is 0.236 e. The Morgan fingerprint density at radius 3 is 2.83 bits per heavy atom. The average Bonchev–Trinajstić information content (AvgIpc) is 2.80. The van der Waals surface area contributed by atoms with Crippen LogP contribution in [0.5, 0.6) is 0 Å². The zero-order valence-corrected chi connectivity index (χ0v) is 11.8. The zero-order chi connectivity index (χ0) is 13.0. The molecule has 4 nitrogen and oxygen atoms in total. The Balaban J connectivity index is 1.78. The van der Waals surface area contributed by atoms with Crippen LogP contribution < -0.4 is 5.32 Å². The molecule has 18 heavy (non-hydrogen) atoms. The van der Waals surface area contributed by atoms with E-state index in [1.807, 2.05) is 0 Å². The summed E-state index contributed by atoms with van der Waals surface area (Å²) in [5.74, 6) is 1.31. The van der Waals surface area contributed by atoms with Crippen LogP contribution in [0.1, 0.15) is 32.6 Å². The van der Waals surface area contributed by atoms with E-state index in [1.54, 1.807) is 11.8 Å². The van der Waals surface area contributed by atoms with Gasteiger partial charge in [-0.15, -0.1) is 11.8 Å². The molecule has 0 aromatic heterocycles. The second kappa shape index (κ2) is 5.94. The minimum atomic E-state index is -0.205. The lowest BCUT2D eigenvalue weighted by Crippen LogP contribution is -2.49. The highest BCUT2D eigenvalue weighted by Gasteiger charge is 2.38. The first-order valence-corrected chi connectivity index (χ1v) is 7.67. The SMILES string of the molecule is CC1(C(=O)NC2CCN(CC#N)CC2)CCCS1. The Hall–Kier alpha value is -0.730. The van der Waals surface area contributed by atoms with Gasteiger partial charge in [0.15, 0.2) is 0 Å². The molecule has 2 aliphatic rings. The molecular weight excluding hydrogens is 246 g/mol. The minimum Gasteiger partial charge on any atom is -0.352 e. The number of hydrogen-bond donors (Lipinski definition) is 1. The molecular formula is C13H21N3OS. The maximum absolute atomic E-state index is 12.2. The van der Waals surface area contributed by atoms with Gasteiger partial charge >= 0.3 is 0 Å². The van der Waals surface area contributed by atoms with Crippen LogP contribution in [0.4, 0.5) is 0 Å². The van der Waals surface area contributed by atoms with Crippen LogP contribution in [0.3, 0.4) is 0 Å². The molecule has 2 aliphatic heterocycles. The van der Waals surface area contributed by atoms with E-state index >= 15 is 0 Å². The quantitative estimate of drug-likeness (QED) is 0.785. The molecule has 1 unspecified atom stereocenters. The van der Waals surface area contributed by atoms with E-state index in [1.165, 1.54) is 0 Å². The van der Waals surface area contributed by atoms with E-state index in [4.69, 9.17) is 5.26 Å². The second-order valence-corrected chi connectivity index (χ2v) is 6.96. The first-order chi connectivity index (χ1) is 8.64. The number of thioether (sulfide) groups is 1. The van der Waals surface area contributed by atoms with Gasteiger partial charge in [-0.2, -0.15) is 5.26 Å². The average molecular weight is 267 g/mol. The van der Waals surface area contributed by atoms with Crippen LogP contribution in [0.2, 0.25) is 0 Å². The summed E-state index contributed by atoms with van der Waals surface area (Å²) in [5.41, 5.74) is 0. The molecule has 2 rings (SSSR count). The molecule has 2 saturated heterocycles. The molecule has 0 saturated carbocycles. The first kappa shape index (κ1) is 13.7. The number of carbonyl (C=O) groups is 1. The fourth-order valence-corrected chi connectivity index (χ4v) is 3.85. The number of nitriles is 1. The minimum absolute atomic E-state index is 0.205. The molecule has 0 aromatic rings. The Morgan fingerprint density at radius 1 is 1.56 bits per heavy atom. The van der Waals surface area contributed by atoms with E-state index in [2.05, 4.69) is 23.2 Å². The van der Waals surface area contributed by atoms with Crippen molar-refractivity contribution in [2.24, 2.45) is 0 Å². The number of piperidine rings is 1. The number of rotatable bonds is 3. The lowest BCUT2D eigenvalue weighted by Gasteiger charge is -2.32. The fraction of sp³-hybridized carbons (Fsp3) is 0.846. The largest absolute Gasteiger partial charge is 0.352 e. The van der Waals surface area contributed by atoms with Gasteiger partial charge in [-0.25, -0.2) is 0 Å². The van der Waals surface area contributed by atoms with Crippen molar-refractivity contribution < 1.29 is 4.79 Å². The van der Waals surface area contributed by atoms with E-state index in [-0.39, 0.29) is 10.7 Å². The van der Waals surface area contributed by atoms with Crippen LogP contribution >= 0.6 is 11.8 Å². The molecule has 1 amide bonds. The van der Waals surface area contributed by atoms with Crippen molar-refractivity contribution in [1.82, 2.24) is 10.2 Å². The molecule has 0 radical (unpaired) electrons. The summed E-state index contributed by atoms with van der Waals surface area (Å²) in [4.78, 5) is 14.4. The summed E-state index contributed by atoms with van der Waals surface area (Å²) in [6, 6.07) is 2.48. The van der Waals surface area contributed by atoms with Gasteiger partial charge in [0.1, 0.15) is 0 Å². The van der Waals surface area contributed by atoms with Crippen LogP contribution in [-0.4, -0.2) is 47.0 Å². The normalized spacial score (nSPS) is 30.0. The van der Waals surface area contributed by atoms with Gasteiger partial charge in [-0.1, -0.05) is 0 Å². The predicted octanol–water partition coefficient (Wildman–Crippen LogP) is 1.38. The third-order valence-corrected chi connectivity index (χ3v) is 5.44. The Kier molecular flexibility index (Phi) is 4.52. The lowest BCUT2D eigenvalue weighted by atomic mass is 10.0. The van der Waals surface area contributed by atoms with E-state index in [0.717, 1.165) is 44.5 Å². The van der Waals surface area contributed by atoms with Crippen LogP contribution in [0.25, 0.3) is 0 Å². The fourth-order valence-electron chi connectivity index (χ4n) is 2.63. The van der Waals surface area contributed by atoms with Gasteiger partial charge < -0.3 is 5.32 Å². The van der Waals surface area contributed by atoms with Gasteiger partial charge in [0, 0.05) is 19.1 Å². The van der Waals surface area contributed by atoms with Crippen LogP contribution in [0, 0.1) is 11.3 Å². The molecule has 0 aliphatic carbocycles. The number of nitrogens with zero attached hydrogens (tertiary/aromatic N) is 2. The molecule has 2 fully saturated rings. The van der Waals surface area contributed by atoms with E-state index in [0.29, 0.717) is 12.6 Å². The van der Waals surface area contributed by atoms with Crippen LogP contribution in [-0.2, 0) is 4.79 Å². The standard InChI is InChI=1S/C13H21N3OS/c1-13(5-2-10-18-13)12(17)15-11-3-7-16(8-4-11)9-6-14/h11H,2-5,7-10H2,1H3,(H,15,17). The van der Waals surface area contributed by atoms with Crippen molar-refractivity contribution in [2.45, 2.75) is 43.4 Å². The van der Waals surface area contributed by atoms with Crippen molar-refractivity contribution in [3.8, 4) is 6.07 Å². The predicted molar refractivity (Wildman–Crippen MR) is 73.3 cm³/mol. The van der Waals surface area contributed by atoms with Gasteiger partial charge in [0.05, 0.1) is 17.4 Å². The number of amides is 1. The van der Waals surface area contributed by atoms with Crippen LogP contribution in [0.15, 0.2) is 0 Å². The smallest absolute Gasteiger partial charge is 0.236 e. The summed E-state index contributed by atoms with van der Waals surface area (Å²) >= 11 is 1.78. The van der Waals surface area contributed by atoms with Gasteiger partial charge in [0.25, 0.3) is 0 Å². The Labute approximate surface area is 113 Å². The van der Waals surface area contributed by atoms with Gasteiger partial charge in [-0.3, -0.25) is 9.69 Å². The number of likely N-dealkylation sites (tertiary alicyclic amines) is 1. The maximum atomic E-state index is 12.2.